The maximum absolute atomic E-state index is 12.9. The summed E-state index contributed by atoms with van der Waals surface area (Å²) < 4.78 is 1.82. The van der Waals surface area contributed by atoms with Gasteiger partial charge in [-0.05, 0) is 31.0 Å². The van der Waals surface area contributed by atoms with Gasteiger partial charge in [-0.25, -0.2) is 4.98 Å². The van der Waals surface area contributed by atoms with Crippen LogP contribution >= 0.6 is 36.2 Å². The lowest BCUT2D eigenvalue weighted by molar-refractivity contribution is 0.0780. The lowest BCUT2D eigenvalue weighted by Crippen LogP contribution is -2.46. The summed E-state index contributed by atoms with van der Waals surface area (Å²) in [6.45, 7) is 2.98. The zero-order chi connectivity index (χ0) is 16.7. The highest BCUT2D eigenvalue weighted by atomic mass is 35.5. The molecule has 0 aromatic carbocycles. The Kier molecular flexibility index (Phi) is 6.85. The van der Waals surface area contributed by atoms with Crippen LogP contribution in [-0.2, 0) is 13.1 Å². The summed E-state index contributed by atoms with van der Waals surface area (Å²) in [5.74, 6) is 0.617. The molecule has 2 bridgehead atoms. The summed E-state index contributed by atoms with van der Waals surface area (Å²) in [4.78, 5) is 31.3. The van der Waals surface area contributed by atoms with E-state index in [1.165, 1.54) is 11.3 Å². The number of nitrogens with one attached hydrogen (secondary N) is 1. The number of nitrogens with zero attached hydrogens (tertiary/aromatic N) is 3. The fourth-order valence-corrected chi connectivity index (χ4v) is 4.34. The van der Waals surface area contributed by atoms with Crippen molar-refractivity contribution in [2.75, 3.05) is 20.1 Å². The number of piperidine rings is 1. The quantitative estimate of drug-likeness (QED) is 0.831. The average Bonchev–Trinajstić information content (AvgIpc) is 3.08. The smallest absolute Gasteiger partial charge is 0.263 e. The van der Waals surface area contributed by atoms with Gasteiger partial charge in [-0.2, -0.15) is 0 Å². The highest BCUT2D eigenvalue weighted by molar-refractivity contribution is 7.07. The Labute approximate surface area is 168 Å². The van der Waals surface area contributed by atoms with Gasteiger partial charge in [-0.15, -0.1) is 36.2 Å². The minimum atomic E-state index is -0.239. The molecule has 1 N–H and O–H groups in total. The molecule has 2 aliphatic heterocycles. The van der Waals surface area contributed by atoms with E-state index >= 15 is 0 Å². The van der Waals surface area contributed by atoms with Crippen molar-refractivity contribution < 1.29 is 4.79 Å². The van der Waals surface area contributed by atoms with E-state index < -0.39 is 0 Å². The first kappa shape index (κ1) is 20.9. The highest BCUT2D eigenvalue weighted by Crippen LogP contribution is 2.31. The van der Waals surface area contributed by atoms with Gasteiger partial charge in [-0.3, -0.25) is 9.59 Å². The van der Waals surface area contributed by atoms with E-state index in [0.717, 1.165) is 30.9 Å². The molecule has 2 atom stereocenters. The fourth-order valence-electron chi connectivity index (χ4n) is 3.79. The number of pyridine rings is 1. The molecule has 9 heteroatoms. The maximum atomic E-state index is 12.9. The first-order valence-electron chi connectivity index (χ1n) is 8.20. The van der Waals surface area contributed by atoms with Crippen LogP contribution in [0.5, 0.6) is 0 Å². The molecule has 1 fully saturated rings. The highest BCUT2D eigenvalue weighted by Gasteiger charge is 2.32. The Morgan fingerprint density at radius 3 is 2.92 bits per heavy atom. The van der Waals surface area contributed by atoms with Crippen LogP contribution < -0.4 is 10.9 Å². The number of amides is 1. The summed E-state index contributed by atoms with van der Waals surface area (Å²) in [5, 5.41) is 5.35. The van der Waals surface area contributed by atoms with Crippen LogP contribution in [0.1, 0.15) is 34.1 Å². The van der Waals surface area contributed by atoms with Gasteiger partial charge in [0.25, 0.3) is 11.5 Å². The van der Waals surface area contributed by atoms with Crippen LogP contribution in [0.3, 0.4) is 0 Å². The molecule has 4 heterocycles. The van der Waals surface area contributed by atoms with E-state index in [1.54, 1.807) is 23.5 Å². The van der Waals surface area contributed by atoms with Crippen molar-refractivity contribution in [2.45, 2.75) is 25.4 Å². The van der Waals surface area contributed by atoms with Crippen LogP contribution in [0.2, 0.25) is 0 Å². The van der Waals surface area contributed by atoms with Crippen molar-refractivity contribution in [2.24, 2.45) is 5.92 Å². The number of fused-ring (bicyclic) bond motifs is 4. The minimum Gasteiger partial charge on any atom is -0.336 e. The molecule has 2 aliphatic rings. The predicted molar refractivity (Wildman–Crippen MR) is 107 cm³/mol. The third-order valence-electron chi connectivity index (χ3n) is 4.97. The van der Waals surface area contributed by atoms with Gasteiger partial charge < -0.3 is 14.8 Å². The summed E-state index contributed by atoms with van der Waals surface area (Å²) in [6.07, 6.45) is 1.13. The van der Waals surface area contributed by atoms with Crippen molar-refractivity contribution in [3.05, 3.63) is 50.3 Å². The molecule has 2 aromatic rings. The largest absolute Gasteiger partial charge is 0.336 e. The lowest BCUT2D eigenvalue weighted by atomic mass is 9.84. The molecule has 2 aromatic heterocycles. The van der Waals surface area contributed by atoms with E-state index in [2.05, 4.69) is 10.3 Å². The maximum Gasteiger partial charge on any atom is 0.263 e. The van der Waals surface area contributed by atoms with Gasteiger partial charge in [0.2, 0.25) is 0 Å². The van der Waals surface area contributed by atoms with E-state index in [-0.39, 0.29) is 41.8 Å². The van der Waals surface area contributed by atoms with Gasteiger partial charge in [-0.1, -0.05) is 0 Å². The monoisotopic (exact) mass is 416 g/mol. The Morgan fingerprint density at radius 1 is 1.38 bits per heavy atom. The van der Waals surface area contributed by atoms with Crippen LogP contribution in [-0.4, -0.2) is 40.5 Å². The number of aromatic nitrogens is 2. The molecule has 1 saturated heterocycles. The SMILES string of the molecule is CN(Cc1cscn1)C(=O)c1ccc2n(c1=O)C[C@@H]1CNC[C@H]2C1.Cl.Cl. The first-order valence-corrected chi connectivity index (χ1v) is 9.14. The molecular weight excluding hydrogens is 395 g/mol. The van der Waals surface area contributed by atoms with Crippen molar-refractivity contribution in [1.29, 1.82) is 0 Å². The van der Waals surface area contributed by atoms with Crippen molar-refractivity contribution in [3.8, 4) is 0 Å². The number of rotatable bonds is 3. The van der Waals surface area contributed by atoms with Gasteiger partial charge in [0.05, 0.1) is 17.7 Å². The molecule has 142 valence electrons. The summed E-state index contributed by atoms with van der Waals surface area (Å²) in [5.41, 5.74) is 3.74. The Hall–Kier alpha value is -1.41. The van der Waals surface area contributed by atoms with Crippen LogP contribution in [0.15, 0.2) is 27.8 Å². The van der Waals surface area contributed by atoms with E-state index in [9.17, 15) is 9.59 Å². The second kappa shape index (κ2) is 8.52. The topological polar surface area (TPSA) is 67.2 Å². The number of hydrogen-bond acceptors (Lipinski definition) is 5. The second-order valence-corrected chi connectivity index (χ2v) is 7.40. The normalized spacial score (nSPS) is 20.3. The molecular formula is C17H22Cl2N4O2S. The number of halogens is 2. The summed E-state index contributed by atoms with van der Waals surface area (Å²) in [6, 6.07) is 3.65. The van der Waals surface area contributed by atoms with Crippen LogP contribution in [0.25, 0.3) is 0 Å². The second-order valence-electron chi connectivity index (χ2n) is 6.69. The van der Waals surface area contributed by atoms with Crippen LogP contribution in [0, 0.1) is 5.92 Å². The molecule has 4 rings (SSSR count). The van der Waals surface area contributed by atoms with Crippen molar-refractivity contribution in [1.82, 2.24) is 19.8 Å². The van der Waals surface area contributed by atoms with Gasteiger partial charge in [0.15, 0.2) is 0 Å². The molecule has 0 spiro atoms. The fraction of sp³-hybridized carbons (Fsp3) is 0.471. The third-order valence-corrected chi connectivity index (χ3v) is 5.60. The zero-order valence-corrected chi connectivity index (χ0v) is 16.8. The molecule has 6 nitrogen and oxygen atoms in total. The van der Waals surface area contributed by atoms with E-state index in [4.69, 9.17) is 0 Å². The Morgan fingerprint density at radius 2 is 2.19 bits per heavy atom. The predicted octanol–water partition coefficient (Wildman–Crippen LogP) is 2.13. The minimum absolute atomic E-state index is 0. The Balaban J connectivity index is 0.00000121. The molecule has 1 amide bonds. The van der Waals surface area contributed by atoms with Crippen molar-refractivity contribution in [3.63, 3.8) is 0 Å². The number of hydrogen-bond donors (Lipinski definition) is 1. The Bertz CT molecular complexity index is 825. The molecule has 0 aliphatic carbocycles. The van der Waals surface area contributed by atoms with Gasteiger partial charge >= 0.3 is 0 Å². The zero-order valence-electron chi connectivity index (χ0n) is 14.4. The molecule has 26 heavy (non-hydrogen) atoms. The number of carbonyl (C=O) groups is 1. The average molecular weight is 417 g/mol. The standard InChI is InChI=1S/C17H20N4O2S.2ClH/c1-20(8-13-9-24-10-19-13)16(22)14-2-3-15-12-4-11(5-18-6-12)7-21(15)17(14)23;;/h2-3,9-12,18H,4-8H2,1H3;2*1H/t11-,12+;;/m0../s1. The van der Waals surface area contributed by atoms with E-state index in [1.807, 2.05) is 16.0 Å². The molecule has 0 unspecified atom stereocenters. The van der Waals surface area contributed by atoms with Gasteiger partial charge in [0.1, 0.15) is 5.56 Å². The van der Waals surface area contributed by atoms with Crippen molar-refractivity contribution >= 4 is 42.1 Å². The first-order chi connectivity index (χ1) is 11.6. The van der Waals surface area contributed by atoms with E-state index in [0.29, 0.717) is 24.9 Å². The van der Waals surface area contributed by atoms with Gasteiger partial charge in [0, 0.05) is 37.1 Å². The van der Waals surface area contributed by atoms with Crippen LogP contribution in [0.4, 0.5) is 0 Å². The third kappa shape index (κ3) is 3.81. The summed E-state index contributed by atoms with van der Waals surface area (Å²) >= 11 is 1.50. The lowest BCUT2D eigenvalue weighted by Gasteiger charge is -2.37. The summed E-state index contributed by atoms with van der Waals surface area (Å²) in [7, 11) is 1.71. The molecule has 0 radical (unpaired) electrons. The number of carbonyl (C=O) groups excluding carboxylic acids is 1. The number of thiazole rings is 1. The molecule has 0 saturated carbocycles.